The number of anilines is 2. The second-order valence-corrected chi connectivity index (χ2v) is 7.12. The lowest BCUT2D eigenvalue weighted by Gasteiger charge is -2.13. The summed E-state index contributed by atoms with van der Waals surface area (Å²) in [6.45, 7) is 1.81. The number of furan rings is 1. The normalized spacial score (nSPS) is 11.3. The van der Waals surface area contributed by atoms with Crippen molar-refractivity contribution in [3.05, 3.63) is 95.7 Å². The number of halogens is 3. The lowest BCUT2D eigenvalue weighted by atomic mass is 10.2. The standard InChI is InChI=1S/C23H17F3N4O3/c1-14-7-9-17(10-8-14)30-20(23(24,25)26)18(13-27-30)21(31)28-15-4-2-5-16(12-15)29-22(32)19-6-3-11-33-19/h2-13H,1H3,(H,28,31)(H,29,32). The van der Waals surface area contributed by atoms with Crippen molar-refractivity contribution in [2.24, 2.45) is 0 Å². The Balaban J connectivity index is 1.59. The molecule has 2 aromatic carbocycles. The van der Waals surface area contributed by atoms with Gasteiger partial charge in [0.1, 0.15) is 0 Å². The largest absolute Gasteiger partial charge is 0.459 e. The molecule has 0 bridgehead atoms. The summed E-state index contributed by atoms with van der Waals surface area (Å²) in [4.78, 5) is 24.8. The van der Waals surface area contributed by atoms with E-state index < -0.39 is 29.2 Å². The van der Waals surface area contributed by atoms with Gasteiger partial charge in [0.2, 0.25) is 0 Å². The minimum absolute atomic E-state index is 0.0859. The molecule has 0 saturated heterocycles. The molecule has 168 valence electrons. The summed E-state index contributed by atoms with van der Waals surface area (Å²) in [5, 5.41) is 8.81. The maximum absolute atomic E-state index is 13.9. The fraction of sp³-hybridized carbons (Fsp3) is 0.0870. The number of hydrogen-bond donors (Lipinski definition) is 2. The van der Waals surface area contributed by atoms with Gasteiger partial charge in [-0.25, -0.2) is 4.68 Å². The molecule has 0 aliphatic heterocycles. The van der Waals surface area contributed by atoms with Gasteiger partial charge >= 0.3 is 6.18 Å². The number of carbonyl (C=O) groups is 2. The molecule has 33 heavy (non-hydrogen) atoms. The van der Waals surface area contributed by atoms with Crippen molar-refractivity contribution in [3.8, 4) is 5.69 Å². The summed E-state index contributed by atoms with van der Waals surface area (Å²) in [5.74, 6) is -1.42. The SMILES string of the molecule is Cc1ccc(-n2ncc(C(=O)Nc3cccc(NC(=O)c4ccco4)c3)c2C(F)(F)F)cc1. The molecule has 4 rings (SSSR count). The Morgan fingerprint density at radius 3 is 2.21 bits per heavy atom. The molecule has 2 amide bonds. The minimum atomic E-state index is -4.83. The monoisotopic (exact) mass is 454 g/mol. The molecule has 0 spiro atoms. The van der Waals surface area contributed by atoms with E-state index in [-0.39, 0.29) is 17.1 Å². The molecule has 0 unspecified atom stereocenters. The Hall–Kier alpha value is -4.34. The van der Waals surface area contributed by atoms with Crippen LogP contribution in [0.2, 0.25) is 0 Å². The second-order valence-electron chi connectivity index (χ2n) is 7.12. The van der Waals surface area contributed by atoms with E-state index in [2.05, 4.69) is 15.7 Å². The minimum Gasteiger partial charge on any atom is -0.459 e. The van der Waals surface area contributed by atoms with Crippen molar-refractivity contribution >= 4 is 23.2 Å². The first-order valence-corrected chi connectivity index (χ1v) is 9.71. The molecular formula is C23H17F3N4O3. The molecule has 0 radical (unpaired) electrons. The van der Waals surface area contributed by atoms with E-state index in [0.29, 0.717) is 10.4 Å². The molecule has 0 aliphatic carbocycles. The van der Waals surface area contributed by atoms with Crippen molar-refractivity contribution < 1.29 is 27.2 Å². The predicted molar refractivity (Wildman–Crippen MR) is 114 cm³/mol. The zero-order chi connectivity index (χ0) is 23.6. The Bertz CT molecular complexity index is 1290. The van der Waals surface area contributed by atoms with Crippen LogP contribution >= 0.6 is 0 Å². The van der Waals surface area contributed by atoms with E-state index in [1.165, 1.54) is 42.7 Å². The number of aryl methyl sites for hydroxylation is 1. The van der Waals surface area contributed by atoms with Crippen molar-refractivity contribution in [1.29, 1.82) is 0 Å². The van der Waals surface area contributed by atoms with Gasteiger partial charge in [0.15, 0.2) is 11.5 Å². The van der Waals surface area contributed by atoms with Crippen LogP contribution in [0.1, 0.15) is 32.2 Å². The van der Waals surface area contributed by atoms with Crippen molar-refractivity contribution in [2.75, 3.05) is 10.6 Å². The van der Waals surface area contributed by atoms with Crippen molar-refractivity contribution in [2.45, 2.75) is 13.1 Å². The molecular weight excluding hydrogens is 437 g/mol. The summed E-state index contributed by atoms with van der Waals surface area (Å²) >= 11 is 0. The Morgan fingerprint density at radius 1 is 0.939 bits per heavy atom. The van der Waals surface area contributed by atoms with Crippen molar-refractivity contribution in [3.63, 3.8) is 0 Å². The van der Waals surface area contributed by atoms with Crippen LogP contribution in [0.15, 0.2) is 77.5 Å². The summed E-state index contributed by atoms with van der Waals surface area (Å²) in [6, 6.07) is 15.3. The first-order chi connectivity index (χ1) is 15.7. The fourth-order valence-electron chi connectivity index (χ4n) is 3.14. The number of carbonyl (C=O) groups excluding carboxylic acids is 2. The quantitative estimate of drug-likeness (QED) is 0.429. The number of rotatable bonds is 5. The highest BCUT2D eigenvalue weighted by atomic mass is 19.4. The molecule has 7 nitrogen and oxygen atoms in total. The van der Waals surface area contributed by atoms with Crippen LogP contribution in [-0.4, -0.2) is 21.6 Å². The van der Waals surface area contributed by atoms with Crippen LogP contribution < -0.4 is 10.6 Å². The lowest BCUT2D eigenvalue weighted by molar-refractivity contribution is -0.143. The number of hydrogen-bond acceptors (Lipinski definition) is 4. The molecule has 0 atom stereocenters. The molecule has 0 saturated carbocycles. The molecule has 0 aliphatic rings. The number of nitrogens with one attached hydrogen (secondary N) is 2. The highest BCUT2D eigenvalue weighted by molar-refractivity contribution is 6.06. The van der Waals surface area contributed by atoms with Crippen molar-refractivity contribution in [1.82, 2.24) is 9.78 Å². The summed E-state index contributed by atoms with van der Waals surface area (Å²) in [6.07, 6.45) is -2.60. The van der Waals surface area contributed by atoms with Crippen LogP contribution in [0.5, 0.6) is 0 Å². The van der Waals surface area contributed by atoms with E-state index >= 15 is 0 Å². The van der Waals surface area contributed by atoms with Gasteiger partial charge in [0.05, 0.1) is 23.7 Å². The molecule has 2 N–H and O–H groups in total. The van der Waals surface area contributed by atoms with E-state index in [0.717, 1.165) is 11.8 Å². The van der Waals surface area contributed by atoms with Gasteiger partial charge in [-0.1, -0.05) is 23.8 Å². The van der Waals surface area contributed by atoms with Gasteiger partial charge in [-0.3, -0.25) is 9.59 Å². The molecule has 2 heterocycles. The molecule has 0 fully saturated rings. The topological polar surface area (TPSA) is 89.2 Å². The number of aromatic nitrogens is 2. The molecule has 2 aromatic heterocycles. The van der Waals surface area contributed by atoms with Crippen LogP contribution in [0.4, 0.5) is 24.5 Å². The van der Waals surface area contributed by atoms with E-state index in [9.17, 15) is 22.8 Å². The summed E-state index contributed by atoms with van der Waals surface area (Å²) in [7, 11) is 0. The first kappa shape index (κ1) is 21.9. The van der Waals surface area contributed by atoms with E-state index in [1.54, 1.807) is 24.3 Å². The lowest BCUT2D eigenvalue weighted by Crippen LogP contribution is -2.20. The Kier molecular flexibility index (Phi) is 5.74. The molecule has 10 heteroatoms. The van der Waals surface area contributed by atoms with Gasteiger partial charge in [0.25, 0.3) is 11.8 Å². The maximum atomic E-state index is 13.9. The number of benzene rings is 2. The Labute approximate surface area is 185 Å². The Morgan fingerprint density at radius 2 is 1.61 bits per heavy atom. The summed E-state index contributed by atoms with van der Waals surface area (Å²) < 4.78 is 47.3. The maximum Gasteiger partial charge on any atom is 0.434 e. The number of alkyl halides is 3. The van der Waals surface area contributed by atoms with Gasteiger partial charge in [-0.15, -0.1) is 0 Å². The van der Waals surface area contributed by atoms with Gasteiger partial charge in [0, 0.05) is 11.4 Å². The van der Waals surface area contributed by atoms with E-state index in [1.807, 2.05) is 6.92 Å². The summed E-state index contributed by atoms with van der Waals surface area (Å²) in [5.41, 5.74) is -0.264. The first-order valence-electron chi connectivity index (χ1n) is 9.71. The zero-order valence-corrected chi connectivity index (χ0v) is 17.2. The van der Waals surface area contributed by atoms with E-state index in [4.69, 9.17) is 4.42 Å². The third-order valence-electron chi connectivity index (χ3n) is 4.68. The average molecular weight is 454 g/mol. The molecule has 4 aromatic rings. The van der Waals surface area contributed by atoms with Crippen LogP contribution in [-0.2, 0) is 6.18 Å². The predicted octanol–water partition coefficient (Wildman–Crippen LogP) is 5.30. The van der Waals surface area contributed by atoms with Crippen LogP contribution in [0.25, 0.3) is 5.69 Å². The fourth-order valence-corrected chi connectivity index (χ4v) is 3.14. The number of nitrogens with zero attached hydrogens (tertiary/aromatic N) is 2. The van der Waals surface area contributed by atoms with Crippen LogP contribution in [0.3, 0.4) is 0 Å². The zero-order valence-electron chi connectivity index (χ0n) is 17.2. The number of amides is 2. The van der Waals surface area contributed by atoms with Crippen LogP contribution in [0, 0.1) is 6.92 Å². The smallest absolute Gasteiger partial charge is 0.434 e. The van der Waals surface area contributed by atoms with Gasteiger partial charge in [-0.2, -0.15) is 18.3 Å². The average Bonchev–Trinajstić information content (AvgIpc) is 3.45. The highest BCUT2D eigenvalue weighted by Crippen LogP contribution is 2.34. The van der Waals surface area contributed by atoms with Gasteiger partial charge < -0.3 is 15.1 Å². The third-order valence-corrected chi connectivity index (χ3v) is 4.68. The third kappa shape index (κ3) is 4.79. The van der Waals surface area contributed by atoms with Gasteiger partial charge in [-0.05, 0) is 49.4 Å². The highest BCUT2D eigenvalue weighted by Gasteiger charge is 2.40. The second kappa shape index (κ2) is 8.65.